The molecule has 16 heteroatoms. The number of methoxy groups -OCH3 is 2. The second kappa shape index (κ2) is 31.0. The predicted octanol–water partition coefficient (Wildman–Crippen LogP) is 8.29. The van der Waals surface area contributed by atoms with Gasteiger partial charge in [-0.1, -0.05) is 103 Å². The number of hydrogen-bond donors (Lipinski definition) is 5. The molecule has 3 aliphatic rings. The van der Waals surface area contributed by atoms with Gasteiger partial charge in [-0.05, 0) is 130 Å². The first-order chi connectivity index (χ1) is 37.8. The molecule has 456 valence electrons. The Hall–Kier alpha value is -2.63. The third-order valence-electron chi connectivity index (χ3n) is 18.7. The standard InChI is InChI=1S/C64H108N2O13P/c1-15-53-64(10,73)57(69)47(6)66(54(67)35-29-21-19-17-16-18-20-22-30-37-80(38-36-74-13,49-31-25-23-26-32-49)50-33-27-24-28-34-50)42-43(2)40-62(8,72)59(79-61-56(68)51(65(11)12)39-44(3)76-61)45(4)55(46(5)60(71)78-53)52-41-63(9,75-14)58(70)48(7)77-52/h23-28,31-34,43-48,51-53,55-59,61,68-70,72-73H,15-22,29-30,35-42H2,1-14H3/q+1/t43-,44-,45+,46-,47-,48+,51+,52-,53-,55?,56-,57-,58+,59-,61+,62-,63-,64-/m1/s1. The van der Waals surface area contributed by atoms with Crippen LogP contribution in [0.1, 0.15) is 159 Å². The molecule has 0 radical (unpaired) electrons. The van der Waals surface area contributed by atoms with Gasteiger partial charge in [-0.2, -0.15) is 0 Å². The molecule has 3 aliphatic heterocycles. The van der Waals surface area contributed by atoms with Crippen molar-refractivity contribution in [2.24, 2.45) is 23.7 Å². The quantitative estimate of drug-likeness (QED) is 0.0405. The summed E-state index contributed by atoms with van der Waals surface area (Å²) in [5.41, 5.74) is -4.71. The minimum atomic E-state index is -1.98. The molecule has 80 heavy (non-hydrogen) atoms. The van der Waals surface area contributed by atoms with Crippen molar-refractivity contribution in [3.8, 4) is 0 Å². The van der Waals surface area contributed by atoms with Gasteiger partial charge in [0.2, 0.25) is 5.91 Å². The highest BCUT2D eigenvalue weighted by atomic mass is 31.2. The highest BCUT2D eigenvalue weighted by Gasteiger charge is 2.55. The molecular weight excluding hydrogens is 1040 g/mol. The van der Waals surface area contributed by atoms with Gasteiger partial charge in [0, 0.05) is 45.6 Å². The summed E-state index contributed by atoms with van der Waals surface area (Å²) in [6.07, 6.45) is 4.14. The van der Waals surface area contributed by atoms with E-state index < -0.39 is 103 Å². The molecule has 5 rings (SSSR count). The first-order valence-corrected chi connectivity index (χ1v) is 32.6. The Kier molecular flexibility index (Phi) is 26.4. The van der Waals surface area contributed by atoms with Gasteiger partial charge in [-0.15, -0.1) is 0 Å². The molecule has 2 aromatic rings. The van der Waals surface area contributed by atoms with Gasteiger partial charge >= 0.3 is 5.97 Å². The number of aliphatic hydroxyl groups excluding tert-OH is 3. The summed E-state index contributed by atoms with van der Waals surface area (Å²) in [6, 6.07) is 20.8. The number of nitrogens with zero attached hydrogens (tertiary/aromatic N) is 2. The van der Waals surface area contributed by atoms with E-state index in [1.54, 1.807) is 46.6 Å². The van der Waals surface area contributed by atoms with E-state index in [0.29, 0.717) is 12.8 Å². The fourth-order valence-corrected chi connectivity index (χ4v) is 18.2. The zero-order valence-electron chi connectivity index (χ0n) is 51.5. The highest BCUT2D eigenvalue weighted by molar-refractivity contribution is 7.89. The van der Waals surface area contributed by atoms with E-state index in [-0.39, 0.29) is 56.2 Å². The maximum atomic E-state index is 14.8. The Bertz CT molecular complexity index is 2100. The number of carbonyl (C=O) groups excluding carboxylic acids is 2. The number of benzene rings is 2. The molecule has 0 bridgehead atoms. The van der Waals surface area contributed by atoms with E-state index in [2.05, 4.69) is 60.7 Å². The maximum Gasteiger partial charge on any atom is 0.309 e. The van der Waals surface area contributed by atoms with Crippen LogP contribution in [0.5, 0.6) is 0 Å². The number of unbranched alkanes of at least 4 members (excludes halogenated alkanes) is 8. The van der Waals surface area contributed by atoms with Crippen molar-refractivity contribution in [3.63, 3.8) is 0 Å². The maximum absolute atomic E-state index is 14.8. The van der Waals surface area contributed by atoms with Crippen molar-refractivity contribution in [2.75, 3.05) is 53.8 Å². The van der Waals surface area contributed by atoms with Gasteiger partial charge < -0.3 is 63.8 Å². The first-order valence-electron chi connectivity index (χ1n) is 30.4. The molecule has 0 saturated carbocycles. The zero-order chi connectivity index (χ0) is 59.2. The summed E-state index contributed by atoms with van der Waals surface area (Å²) in [5.74, 6) is -3.62. The molecule has 0 aliphatic carbocycles. The number of ether oxygens (including phenoxy) is 6. The van der Waals surface area contributed by atoms with Crippen LogP contribution in [0.2, 0.25) is 0 Å². The molecule has 15 nitrogen and oxygen atoms in total. The number of carbonyl (C=O) groups is 2. The zero-order valence-corrected chi connectivity index (χ0v) is 52.4. The van der Waals surface area contributed by atoms with Crippen molar-refractivity contribution < 1.29 is 63.5 Å². The van der Waals surface area contributed by atoms with Crippen LogP contribution in [0.25, 0.3) is 0 Å². The average Bonchev–Trinajstić information content (AvgIpc) is 3.42. The van der Waals surface area contributed by atoms with Crippen molar-refractivity contribution in [1.29, 1.82) is 0 Å². The molecule has 3 heterocycles. The number of amides is 1. The topological polar surface area (TPSA) is 197 Å². The number of rotatable bonds is 23. The minimum Gasteiger partial charge on any atom is -0.459 e. The Balaban J connectivity index is 1.32. The van der Waals surface area contributed by atoms with Crippen LogP contribution in [0.4, 0.5) is 0 Å². The number of aliphatic hydroxyl groups is 5. The summed E-state index contributed by atoms with van der Waals surface area (Å²) in [6.45, 7) is 18.6. The summed E-state index contributed by atoms with van der Waals surface area (Å²) in [7, 11) is 5.48. The lowest BCUT2D eigenvalue weighted by Gasteiger charge is -2.51. The van der Waals surface area contributed by atoms with Gasteiger partial charge in [0.25, 0.3) is 0 Å². The van der Waals surface area contributed by atoms with Gasteiger partial charge in [0.1, 0.15) is 30.0 Å². The molecule has 0 spiro atoms. The third-order valence-corrected chi connectivity index (χ3v) is 23.3. The van der Waals surface area contributed by atoms with Crippen molar-refractivity contribution in [3.05, 3.63) is 60.7 Å². The lowest BCUT2D eigenvalue weighted by atomic mass is 9.68. The van der Waals surface area contributed by atoms with Gasteiger partial charge in [0.05, 0.1) is 84.4 Å². The molecule has 1 unspecified atom stereocenters. The number of esters is 1. The van der Waals surface area contributed by atoms with Crippen molar-refractivity contribution >= 4 is 29.7 Å². The molecular formula is C64H108N2O13P+. The molecule has 0 aromatic heterocycles. The van der Waals surface area contributed by atoms with Gasteiger partial charge in [0.15, 0.2) is 6.29 Å². The van der Waals surface area contributed by atoms with E-state index in [0.717, 1.165) is 51.0 Å². The van der Waals surface area contributed by atoms with E-state index in [1.165, 1.54) is 43.9 Å². The summed E-state index contributed by atoms with van der Waals surface area (Å²) < 4.78 is 37.8. The monoisotopic (exact) mass is 1140 g/mol. The summed E-state index contributed by atoms with van der Waals surface area (Å²) in [4.78, 5) is 33.0. The van der Waals surface area contributed by atoms with Crippen LogP contribution < -0.4 is 10.6 Å². The summed E-state index contributed by atoms with van der Waals surface area (Å²) >= 11 is 0. The largest absolute Gasteiger partial charge is 0.459 e. The predicted molar refractivity (Wildman–Crippen MR) is 319 cm³/mol. The highest BCUT2D eigenvalue weighted by Crippen LogP contribution is 2.57. The van der Waals surface area contributed by atoms with Crippen LogP contribution in [0.15, 0.2) is 60.7 Å². The van der Waals surface area contributed by atoms with Crippen LogP contribution >= 0.6 is 7.26 Å². The van der Waals surface area contributed by atoms with Crippen molar-refractivity contribution in [1.82, 2.24) is 9.80 Å². The Morgan fingerprint density at radius 1 is 0.775 bits per heavy atom. The second-order valence-corrected chi connectivity index (χ2v) is 29.2. The number of hydrogen-bond acceptors (Lipinski definition) is 14. The SMILES string of the molecule is CC[C@H]1OC(=O)[C@H](C)C([C@H]2C[C@@](C)(OC)[C@@H](O)[C@H](C)O2)[C@H](C)[C@@H](O[C@@H]2O[C@H](C)C[C@H](N(C)C)[C@H]2O)[C@](C)(O)C[C@@H](C)CN(C(=O)CCCCCCCCCCC[P+](CCOC)(c2ccccc2)c2ccccc2)[C@H](C)[C@@H](O)[C@]1(C)O. The molecule has 18 atom stereocenters. The van der Waals surface area contributed by atoms with Crippen molar-refractivity contribution in [2.45, 2.75) is 243 Å². The fraction of sp³-hybridized carbons (Fsp3) is 0.781. The van der Waals surface area contributed by atoms with E-state index in [4.69, 9.17) is 28.4 Å². The second-order valence-electron chi connectivity index (χ2n) is 25.4. The average molecular weight is 1140 g/mol. The van der Waals surface area contributed by atoms with E-state index in [9.17, 15) is 35.1 Å². The third kappa shape index (κ3) is 17.0. The van der Waals surface area contributed by atoms with Gasteiger partial charge in [-0.25, -0.2) is 0 Å². The number of cyclic esters (lactones) is 1. The molecule has 3 fully saturated rings. The van der Waals surface area contributed by atoms with E-state index in [1.807, 2.05) is 46.7 Å². The normalized spacial score (nSPS) is 36.3. The smallest absolute Gasteiger partial charge is 0.309 e. The minimum absolute atomic E-state index is 0.107. The fourth-order valence-electron chi connectivity index (χ4n) is 13.9. The Labute approximate surface area is 482 Å². The lowest BCUT2D eigenvalue weighted by molar-refractivity contribution is -0.302. The van der Waals surface area contributed by atoms with Crippen LogP contribution in [0.3, 0.4) is 0 Å². The van der Waals surface area contributed by atoms with Crippen LogP contribution in [-0.2, 0) is 38.0 Å². The Morgan fingerprint density at radius 2 is 1.34 bits per heavy atom. The first kappa shape index (κ1) is 68.2. The lowest BCUT2D eigenvalue weighted by Crippen LogP contribution is -2.61. The van der Waals surface area contributed by atoms with Crippen LogP contribution in [0, 0.1) is 23.7 Å². The summed E-state index contributed by atoms with van der Waals surface area (Å²) in [5, 5.41) is 63.7. The Morgan fingerprint density at radius 3 is 1.88 bits per heavy atom. The molecule has 2 aromatic carbocycles. The van der Waals surface area contributed by atoms with Gasteiger partial charge in [-0.3, -0.25) is 9.59 Å². The van der Waals surface area contributed by atoms with Crippen LogP contribution in [-0.4, -0.2) is 185 Å². The number of likely N-dealkylation sites (N-methyl/N-ethyl adjacent to an activating group) is 1. The molecule has 3 saturated heterocycles. The molecule has 1 amide bonds. The molecule has 5 N–H and O–H groups in total. The van der Waals surface area contributed by atoms with E-state index >= 15 is 0 Å².